The van der Waals surface area contributed by atoms with Crippen molar-refractivity contribution in [3.8, 4) is 5.75 Å². The van der Waals surface area contributed by atoms with Crippen LogP contribution in [-0.4, -0.2) is 33.7 Å². The van der Waals surface area contributed by atoms with E-state index >= 15 is 0 Å². The number of amides is 1. The summed E-state index contributed by atoms with van der Waals surface area (Å²) in [5.41, 5.74) is 1.13. The molecule has 0 saturated carbocycles. The second-order valence-corrected chi connectivity index (χ2v) is 8.05. The molecule has 2 aromatic rings. The third kappa shape index (κ3) is 4.89. The number of ether oxygens (including phenoxy) is 1. The molecule has 0 aliphatic rings. The van der Waals surface area contributed by atoms with Gasteiger partial charge in [-0.2, -0.15) is 0 Å². The van der Waals surface area contributed by atoms with E-state index in [-0.39, 0.29) is 5.69 Å². The number of rotatable bonds is 7. The van der Waals surface area contributed by atoms with E-state index in [1.165, 1.54) is 20.1 Å². The number of hydrogen-bond acceptors (Lipinski definition) is 4. The zero-order valence-corrected chi connectivity index (χ0v) is 16.3. The predicted octanol–water partition coefficient (Wildman–Crippen LogP) is 2.82. The molecule has 0 aliphatic carbocycles. The van der Waals surface area contributed by atoms with Crippen LogP contribution >= 0.6 is 11.6 Å². The van der Waals surface area contributed by atoms with Crippen molar-refractivity contribution >= 4 is 33.2 Å². The van der Waals surface area contributed by atoms with Gasteiger partial charge in [0.2, 0.25) is 15.9 Å². The number of halogens is 1. The fourth-order valence-electron chi connectivity index (χ4n) is 2.55. The van der Waals surface area contributed by atoms with Crippen LogP contribution in [0.3, 0.4) is 0 Å². The molecule has 0 spiro atoms. The van der Waals surface area contributed by atoms with E-state index in [0.29, 0.717) is 17.3 Å². The Balaban J connectivity index is 2.29. The molecule has 0 fully saturated rings. The number of anilines is 1. The van der Waals surface area contributed by atoms with Gasteiger partial charge in [0.05, 0.1) is 19.1 Å². The first-order chi connectivity index (χ1) is 12.2. The van der Waals surface area contributed by atoms with Gasteiger partial charge in [0.15, 0.2) is 0 Å². The normalized spacial score (nSPS) is 12.3. The molecule has 8 heteroatoms. The van der Waals surface area contributed by atoms with Gasteiger partial charge in [-0.25, -0.2) is 8.42 Å². The number of methoxy groups -OCH3 is 1. The highest BCUT2D eigenvalue weighted by Crippen LogP contribution is 2.34. The van der Waals surface area contributed by atoms with E-state index in [0.717, 1.165) is 16.1 Å². The van der Waals surface area contributed by atoms with Crippen molar-refractivity contribution in [3.63, 3.8) is 0 Å². The van der Waals surface area contributed by atoms with Gasteiger partial charge in [-0.1, -0.05) is 41.9 Å². The fourth-order valence-corrected chi connectivity index (χ4v) is 3.89. The zero-order valence-electron chi connectivity index (χ0n) is 14.8. The topological polar surface area (TPSA) is 75.7 Å². The lowest BCUT2D eigenvalue weighted by Gasteiger charge is -2.29. The highest BCUT2D eigenvalue weighted by atomic mass is 35.5. The van der Waals surface area contributed by atoms with Crippen molar-refractivity contribution in [1.82, 2.24) is 5.32 Å². The fraction of sp³-hybridized carbons (Fsp3) is 0.278. The first kappa shape index (κ1) is 20.1. The minimum Gasteiger partial charge on any atom is -0.495 e. The largest absolute Gasteiger partial charge is 0.495 e. The molecule has 2 rings (SSSR count). The van der Waals surface area contributed by atoms with Crippen molar-refractivity contribution in [2.45, 2.75) is 19.5 Å². The molecule has 0 heterocycles. The lowest BCUT2D eigenvalue weighted by Crippen LogP contribution is -2.47. The monoisotopic (exact) mass is 396 g/mol. The maximum Gasteiger partial charge on any atom is 0.243 e. The van der Waals surface area contributed by atoms with Gasteiger partial charge in [-0.05, 0) is 30.7 Å². The van der Waals surface area contributed by atoms with Crippen LogP contribution in [-0.2, 0) is 21.4 Å². The molecule has 1 atom stereocenters. The van der Waals surface area contributed by atoms with Crippen molar-refractivity contribution in [1.29, 1.82) is 0 Å². The van der Waals surface area contributed by atoms with Crippen LogP contribution in [0.25, 0.3) is 0 Å². The summed E-state index contributed by atoms with van der Waals surface area (Å²) in [6, 6.07) is 13.0. The molecular weight excluding hydrogens is 376 g/mol. The predicted molar refractivity (Wildman–Crippen MR) is 103 cm³/mol. The van der Waals surface area contributed by atoms with Crippen LogP contribution in [0.2, 0.25) is 5.02 Å². The molecule has 140 valence electrons. The number of carbonyl (C=O) groups excluding carboxylic acids is 1. The summed E-state index contributed by atoms with van der Waals surface area (Å²) < 4.78 is 31.0. The average molecular weight is 397 g/mol. The summed E-state index contributed by atoms with van der Waals surface area (Å²) in [5, 5.41) is 3.09. The van der Waals surface area contributed by atoms with E-state index in [2.05, 4.69) is 5.32 Å². The first-order valence-electron chi connectivity index (χ1n) is 7.88. The maximum absolute atomic E-state index is 12.6. The van der Waals surface area contributed by atoms with Gasteiger partial charge in [-0.3, -0.25) is 9.10 Å². The smallest absolute Gasteiger partial charge is 0.243 e. The van der Waals surface area contributed by atoms with E-state index in [1.807, 2.05) is 30.3 Å². The number of nitrogens with one attached hydrogen (secondary N) is 1. The standard InChI is InChI=1S/C18H21ClN2O4S/c1-13(18(22)20-12-14-7-5-4-6-8-14)21(26(3,23)24)16-11-15(19)9-10-17(16)25-2/h4-11,13H,12H2,1-3H3,(H,20,22). The SMILES string of the molecule is COc1ccc(Cl)cc1N(C(C)C(=O)NCc1ccccc1)S(C)(=O)=O. The van der Waals surface area contributed by atoms with Gasteiger partial charge < -0.3 is 10.1 Å². The minimum absolute atomic E-state index is 0.213. The lowest BCUT2D eigenvalue weighted by atomic mass is 10.2. The summed E-state index contributed by atoms with van der Waals surface area (Å²) >= 11 is 6.02. The highest BCUT2D eigenvalue weighted by Gasteiger charge is 2.31. The third-order valence-electron chi connectivity index (χ3n) is 3.78. The molecule has 0 saturated heterocycles. The Hall–Kier alpha value is -2.25. The zero-order chi connectivity index (χ0) is 19.3. The van der Waals surface area contributed by atoms with Crippen molar-refractivity contribution in [3.05, 3.63) is 59.1 Å². The molecule has 0 aliphatic heterocycles. The average Bonchev–Trinajstić information content (AvgIpc) is 2.59. The number of sulfonamides is 1. The van der Waals surface area contributed by atoms with Gasteiger partial charge in [0.1, 0.15) is 11.8 Å². The van der Waals surface area contributed by atoms with E-state index in [1.54, 1.807) is 12.1 Å². The molecule has 1 amide bonds. The molecule has 2 aromatic carbocycles. The number of nitrogens with zero attached hydrogens (tertiary/aromatic N) is 1. The number of carbonyl (C=O) groups is 1. The van der Waals surface area contributed by atoms with Gasteiger partial charge in [-0.15, -0.1) is 0 Å². The molecule has 1 N–H and O–H groups in total. The second kappa shape index (κ2) is 8.42. The maximum atomic E-state index is 12.6. The quantitative estimate of drug-likeness (QED) is 0.780. The van der Waals surface area contributed by atoms with Gasteiger partial charge in [0, 0.05) is 11.6 Å². The Morgan fingerprint density at radius 2 is 1.88 bits per heavy atom. The van der Waals surface area contributed by atoms with Crippen LogP contribution in [0, 0.1) is 0 Å². The van der Waals surface area contributed by atoms with Crippen LogP contribution in [0.4, 0.5) is 5.69 Å². The molecule has 1 unspecified atom stereocenters. The Morgan fingerprint density at radius 1 is 1.23 bits per heavy atom. The van der Waals surface area contributed by atoms with Crippen LogP contribution in [0.1, 0.15) is 12.5 Å². The van der Waals surface area contributed by atoms with Crippen molar-refractivity contribution < 1.29 is 17.9 Å². The summed E-state index contributed by atoms with van der Waals surface area (Å²) in [7, 11) is -2.34. The molecule has 0 aromatic heterocycles. The lowest BCUT2D eigenvalue weighted by molar-refractivity contribution is -0.122. The molecule has 6 nitrogen and oxygen atoms in total. The van der Waals surface area contributed by atoms with Crippen molar-refractivity contribution in [2.24, 2.45) is 0 Å². The van der Waals surface area contributed by atoms with Crippen LogP contribution in [0.5, 0.6) is 5.75 Å². The van der Waals surface area contributed by atoms with E-state index in [9.17, 15) is 13.2 Å². The Bertz CT molecular complexity index is 872. The van der Waals surface area contributed by atoms with E-state index < -0.39 is 22.0 Å². The number of hydrogen-bond donors (Lipinski definition) is 1. The van der Waals surface area contributed by atoms with Crippen LogP contribution < -0.4 is 14.4 Å². The summed E-state index contributed by atoms with van der Waals surface area (Å²) in [6.45, 7) is 1.82. The molecular formula is C18H21ClN2O4S. The first-order valence-corrected chi connectivity index (χ1v) is 10.1. The summed E-state index contributed by atoms with van der Waals surface area (Å²) in [5.74, 6) is -0.121. The Labute approximate surface area is 158 Å². The minimum atomic E-state index is -3.76. The third-order valence-corrected chi connectivity index (χ3v) is 5.24. The molecule has 26 heavy (non-hydrogen) atoms. The summed E-state index contributed by atoms with van der Waals surface area (Å²) in [4.78, 5) is 12.6. The second-order valence-electron chi connectivity index (χ2n) is 5.75. The highest BCUT2D eigenvalue weighted by molar-refractivity contribution is 7.92. The number of benzene rings is 2. The Morgan fingerprint density at radius 3 is 2.46 bits per heavy atom. The van der Waals surface area contributed by atoms with Gasteiger partial charge >= 0.3 is 0 Å². The Kier molecular flexibility index (Phi) is 6.50. The molecule has 0 radical (unpaired) electrons. The van der Waals surface area contributed by atoms with Gasteiger partial charge in [0.25, 0.3) is 0 Å². The van der Waals surface area contributed by atoms with Crippen LogP contribution in [0.15, 0.2) is 48.5 Å². The summed E-state index contributed by atoms with van der Waals surface area (Å²) in [6.07, 6.45) is 1.04. The molecule has 0 bridgehead atoms. The van der Waals surface area contributed by atoms with E-state index in [4.69, 9.17) is 16.3 Å². The van der Waals surface area contributed by atoms with Crippen molar-refractivity contribution in [2.75, 3.05) is 17.7 Å².